The van der Waals surface area contributed by atoms with Crippen LogP contribution in [0.25, 0.3) is 0 Å². The number of fused-ring (bicyclic) bond motifs is 2. The number of aliphatic hydroxyl groups is 1. The van der Waals surface area contributed by atoms with Gasteiger partial charge in [-0.3, -0.25) is 4.79 Å². The Balaban J connectivity index is 2.03. The van der Waals surface area contributed by atoms with Crippen molar-refractivity contribution in [3.8, 4) is 0 Å². The van der Waals surface area contributed by atoms with Crippen molar-refractivity contribution in [3.05, 3.63) is 0 Å². The number of hydrogen-bond acceptors (Lipinski definition) is 3. The van der Waals surface area contributed by atoms with E-state index in [1.165, 1.54) is 13.5 Å². The molecule has 0 aromatic heterocycles. The van der Waals surface area contributed by atoms with Crippen LogP contribution < -0.4 is 0 Å². The van der Waals surface area contributed by atoms with Crippen LogP contribution in [-0.4, -0.2) is 24.3 Å². The van der Waals surface area contributed by atoms with Gasteiger partial charge < -0.3 is 9.84 Å². The highest BCUT2D eigenvalue weighted by Gasteiger charge is 2.41. The van der Waals surface area contributed by atoms with Crippen LogP contribution in [-0.2, 0) is 9.53 Å². The molecule has 0 unspecified atom stereocenters. The molecule has 2 atom stereocenters. The molecule has 2 aliphatic carbocycles. The minimum Gasteiger partial charge on any atom is -0.469 e. The Morgan fingerprint density at radius 1 is 1.29 bits per heavy atom. The summed E-state index contributed by atoms with van der Waals surface area (Å²) in [5.41, 5.74) is 0. The molecule has 0 spiro atoms. The van der Waals surface area contributed by atoms with Crippen molar-refractivity contribution < 1.29 is 14.6 Å². The second-order valence-electron chi connectivity index (χ2n) is 4.63. The monoisotopic (exact) mass is 198 g/mol. The maximum absolute atomic E-state index is 11.4. The second kappa shape index (κ2) is 3.89. The third-order valence-corrected chi connectivity index (χ3v) is 3.82. The van der Waals surface area contributed by atoms with Crippen LogP contribution in [0.4, 0.5) is 0 Å². The summed E-state index contributed by atoms with van der Waals surface area (Å²) in [6, 6.07) is 0. The van der Waals surface area contributed by atoms with Crippen molar-refractivity contribution in [3.63, 3.8) is 0 Å². The molecule has 14 heavy (non-hydrogen) atoms. The van der Waals surface area contributed by atoms with Gasteiger partial charge in [0.25, 0.3) is 0 Å². The first-order valence-electron chi connectivity index (χ1n) is 5.48. The van der Waals surface area contributed by atoms with Gasteiger partial charge in [-0.05, 0) is 37.5 Å². The van der Waals surface area contributed by atoms with Gasteiger partial charge in [0.2, 0.25) is 0 Å². The van der Waals surface area contributed by atoms with Crippen LogP contribution in [0.2, 0.25) is 0 Å². The molecular formula is C11H18O3. The third kappa shape index (κ3) is 1.65. The summed E-state index contributed by atoms with van der Waals surface area (Å²) in [7, 11) is 1.45. The minimum atomic E-state index is -0.162. The van der Waals surface area contributed by atoms with Crippen LogP contribution in [0.5, 0.6) is 0 Å². The lowest BCUT2D eigenvalue weighted by Gasteiger charge is -2.42. The molecule has 0 aromatic rings. The van der Waals surface area contributed by atoms with E-state index in [2.05, 4.69) is 0 Å². The van der Waals surface area contributed by atoms with E-state index < -0.39 is 0 Å². The molecule has 0 heterocycles. The van der Waals surface area contributed by atoms with E-state index in [1.807, 2.05) is 0 Å². The maximum Gasteiger partial charge on any atom is 0.308 e. The zero-order chi connectivity index (χ0) is 10.1. The number of methoxy groups -OCH3 is 1. The fourth-order valence-electron chi connectivity index (χ4n) is 3.07. The smallest absolute Gasteiger partial charge is 0.308 e. The largest absolute Gasteiger partial charge is 0.469 e. The quantitative estimate of drug-likeness (QED) is 0.647. The Hall–Kier alpha value is -0.570. The van der Waals surface area contributed by atoms with E-state index >= 15 is 0 Å². The molecule has 0 radical (unpaired) electrons. The fourth-order valence-corrected chi connectivity index (χ4v) is 3.07. The molecule has 1 N–H and O–H groups in total. The van der Waals surface area contributed by atoms with Crippen LogP contribution in [0.1, 0.15) is 32.1 Å². The van der Waals surface area contributed by atoms with Crippen LogP contribution >= 0.6 is 0 Å². The van der Waals surface area contributed by atoms with Crippen LogP contribution in [0.15, 0.2) is 0 Å². The number of hydrogen-bond donors (Lipinski definition) is 1. The highest BCUT2D eigenvalue weighted by molar-refractivity contribution is 5.72. The first kappa shape index (κ1) is 9.97. The third-order valence-electron chi connectivity index (χ3n) is 3.82. The molecule has 3 nitrogen and oxygen atoms in total. The predicted octanol–water partition coefficient (Wildman–Crippen LogP) is 1.35. The molecule has 3 heteroatoms. The van der Waals surface area contributed by atoms with Gasteiger partial charge in [-0.1, -0.05) is 6.42 Å². The summed E-state index contributed by atoms with van der Waals surface area (Å²) < 4.78 is 4.77. The fraction of sp³-hybridized carbons (Fsp3) is 0.909. The summed E-state index contributed by atoms with van der Waals surface area (Å²) in [5.74, 6) is 0.630. The molecule has 0 amide bonds. The molecule has 2 saturated carbocycles. The Bertz CT molecular complexity index is 213. The lowest BCUT2D eigenvalue weighted by molar-refractivity contribution is -0.151. The highest BCUT2D eigenvalue weighted by atomic mass is 16.5. The van der Waals surface area contributed by atoms with Crippen molar-refractivity contribution in [2.45, 2.75) is 38.2 Å². The number of carbonyl (C=O) groups is 1. The van der Waals surface area contributed by atoms with E-state index in [0.717, 1.165) is 25.7 Å². The maximum atomic E-state index is 11.4. The van der Waals surface area contributed by atoms with Gasteiger partial charge in [0.1, 0.15) is 0 Å². The van der Waals surface area contributed by atoms with E-state index in [-0.39, 0.29) is 18.0 Å². The topological polar surface area (TPSA) is 46.5 Å². The van der Waals surface area contributed by atoms with E-state index in [4.69, 9.17) is 4.74 Å². The first-order chi connectivity index (χ1) is 6.72. The highest BCUT2D eigenvalue weighted by Crippen LogP contribution is 2.42. The molecule has 0 aromatic carbocycles. The van der Waals surface area contributed by atoms with Crippen molar-refractivity contribution in [2.24, 2.45) is 17.8 Å². The van der Waals surface area contributed by atoms with Crippen molar-refractivity contribution in [1.29, 1.82) is 0 Å². The SMILES string of the molecule is COC(=O)C1C[C@@H]2CCC[C@@H](C1)C2O. The Morgan fingerprint density at radius 3 is 2.36 bits per heavy atom. The summed E-state index contributed by atoms with van der Waals surface area (Å²) in [6.07, 6.45) is 4.84. The van der Waals surface area contributed by atoms with Crippen LogP contribution in [0, 0.1) is 17.8 Å². The van der Waals surface area contributed by atoms with E-state index in [0.29, 0.717) is 11.8 Å². The number of aliphatic hydroxyl groups excluding tert-OH is 1. The number of esters is 1. The van der Waals surface area contributed by atoms with Gasteiger partial charge in [0.15, 0.2) is 0 Å². The van der Waals surface area contributed by atoms with Crippen molar-refractivity contribution >= 4 is 5.97 Å². The Morgan fingerprint density at radius 2 is 1.86 bits per heavy atom. The second-order valence-corrected chi connectivity index (χ2v) is 4.63. The van der Waals surface area contributed by atoms with Gasteiger partial charge in [-0.25, -0.2) is 0 Å². The molecule has 0 saturated heterocycles. The summed E-state index contributed by atoms with van der Waals surface area (Å²) in [5, 5.41) is 9.91. The van der Waals surface area contributed by atoms with Gasteiger partial charge >= 0.3 is 5.97 Å². The van der Waals surface area contributed by atoms with Gasteiger partial charge in [-0.2, -0.15) is 0 Å². The Labute approximate surface area is 84.4 Å². The first-order valence-corrected chi connectivity index (χ1v) is 5.48. The standard InChI is InChI=1S/C11H18O3/c1-14-11(13)9-5-7-3-2-4-8(6-9)10(7)12/h7-10,12H,2-6H2,1H3/t7-,8-,9?,10?/m0/s1. The molecule has 2 fully saturated rings. The van der Waals surface area contributed by atoms with Crippen LogP contribution in [0.3, 0.4) is 0 Å². The van der Waals surface area contributed by atoms with E-state index in [1.54, 1.807) is 0 Å². The molecule has 2 bridgehead atoms. The summed E-state index contributed by atoms with van der Waals surface area (Å²) in [6.45, 7) is 0. The molecule has 2 rings (SSSR count). The average molecular weight is 198 g/mol. The predicted molar refractivity (Wildman–Crippen MR) is 51.6 cm³/mol. The van der Waals surface area contributed by atoms with Gasteiger partial charge in [-0.15, -0.1) is 0 Å². The zero-order valence-corrected chi connectivity index (χ0v) is 8.61. The van der Waals surface area contributed by atoms with Crippen molar-refractivity contribution in [2.75, 3.05) is 7.11 Å². The minimum absolute atomic E-state index is 0.0405. The number of carbonyl (C=O) groups excluding carboxylic acids is 1. The lowest BCUT2D eigenvalue weighted by Crippen LogP contribution is -2.42. The molecular weight excluding hydrogens is 180 g/mol. The Kier molecular flexibility index (Phi) is 2.77. The number of ether oxygens (including phenoxy) is 1. The molecule has 2 aliphatic rings. The molecule has 80 valence electrons. The lowest BCUT2D eigenvalue weighted by atomic mass is 9.66. The molecule has 0 aliphatic heterocycles. The normalized spacial score (nSPS) is 41.9. The van der Waals surface area contributed by atoms with Gasteiger partial charge in [0, 0.05) is 0 Å². The summed E-state index contributed by atoms with van der Waals surface area (Å²) >= 11 is 0. The van der Waals surface area contributed by atoms with E-state index in [9.17, 15) is 9.90 Å². The average Bonchev–Trinajstić information content (AvgIpc) is 2.16. The summed E-state index contributed by atoms with van der Waals surface area (Å²) in [4.78, 5) is 11.4. The van der Waals surface area contributed by atoms with Gasteiger partial charge in [0.05, 0.1) is 19.1 Å². The number of rotatable bonds is 1. The van der Waals surface area contributed by atoms with Crippen molar-refractivity contribution in [1.82, 2.24) is 0 Å². The zero-order valence-electron chi connectivity index (χ0n) is 8.61.